The van der Waals surface area contributed by atoms with Crippen LogP contribution in [0.5, 0.6) is 0 Å². The van der Waals surface area contributed by atoms with Crippen LogP contribution in [-0.4, -0.2) is 33.5 Å². The zero-order chi connectivity index (χ0) is 13.4. The van der Waals surface area contributed by atoms with Gasteiger partial charge in [-0.15, -0.1) is 0 Å². The number of halogens is 2. The Morgan fingerprint density at radius 3 is 2.61 bits per heavy atom. The standard InChI is InChI=1S/C13H19F2NO2/c1-3-16-13(9-18-7-6-17-2)10-4-5-11(14)12(15)8-10/h4-5,8,13,16H,3,6-7,9H2,1-2H3. The molecule has 1 atom stereocenters. The van der Waals surface area contributed by atoms with Crippen LogP contribution in [0.2, 0.25) is 0 Å². The van der Waals surface area contributed by atoms with E-state index in [4.69, 9.17) is 9.47 Å². The Kier molecular flexibility index (Phi) is 6.78. The summed E-state index contributed by atoms with van der Waals surface area (Å²) in [7, 11) is 1.60. The summed E-state index contributed by atoms with van der Waals surface area (Å²) in [6.45, 7) is 4.04. The SMILES string of the molecule is CCNC(COCCOC)c1ccc(F)c(F)c1. The van der Waals surface area contributed by atoms with E-state index in [0.29, 0.717) is 25.4 Å². The lowest BCUT2D eigenvalue weighted by Gasteiger charge is -2.18. The predicted octanol–water partition coefficient (Wildman–Crippen LogP) is 2.28. The summed E-state index contributed by atoms with van der Waals surface area (Å²) in [4.78, 5) is 0. The molecule has 0 spiro atoms. The molecule has 1 aromatic rings. The Labute approximate surface area is 106 Å². The first-order chi connectivity index (χ1) is 8.69. The van der Waals surface area contributed by atoms with Gasteiger partial charge in [0.15, 0.2) is 11.6 Å². The highest BCUT2D eigenvalue weighted by Crippen LogP contribution is 2.16. The Morgan fingerprint density at radius 1 is 1.22 bits per heavy atom. The molecule has 0 aliphatic heterocycles. The smallest absolute Gasteiger partial charge is 0.159 e. The number of hydrogen-bond donors (Lipinski definition) is 1. The highest BCUT2D eigenvalue weighted by atomic mass is 19.2. The molecule has 0 amide bonds. The van der Waals surface area contributed by atoms with Gasteiger partial charge in [0, 0.05) is 7.11 Å². The molecule has 1 N–H and O–H groups in total. The molecule has 102 valence electrons. The second kappa shape index (κ2) is 8.13. The van der Waals surface area contributed by atoms with Crippen molar-refractivity contribution in [2.24, 2.45) is 0 Å². The lowest BCUT2D eigenvalue weighted by Crippen LogP contribution is -2.26. The quantitative estimate of drug-likeness (QED) is 0.726. The van der Waals surface area contributed by atoms with Crippen LogP contribution in [0.25, 0.3) is 0 Å². The lowest BCUT2D eigenvalue weighted by molar-refractivity contribution is 0.0587. The van der Waals surface area contributed by atoms with Gasteiger partial charge in [0.1, 0.15) is 0 Å². The minimum absolute atomic E-state index is 0.151. The number of methoxy groups -OCH3 is 1. The van der Waals surface area contributed by atoms with Gasteiger partial charge >= 0.3 is 0 Å². The maximum atomic E-state index is 13.2. The first-order valence-corrected chi connectivity index (χ1v) is 5.94. The van der Waals surface area contributed by atoms with Crippen molar-refractivity contribution in [1.29, 1.82) is 0 Å². The molecule has 0 aliphatic rings. The summed E-state index contributed by atoms with van der Waals surface area (Å²) in [5.41, 5.74) is 0.674. The third-order valence-corrected chi connectivity index (χ3v) is 2.51. The van der Waals surface area contributed by atoms with Gasteiger partial charge < -0.3 is 14.8 Å². The van der Waals surface area contributed by atoms with Gasteiger partial charge in [-0.1, -0.05) is 13.0 Å². The van der Waals surface area contributed by atoms with E-state index in [0.717, 1.165) is 12.6 Å². The molecular formula is C13H19F2NO2. The zero-order valence-corrected chi connectivity index (χ0v) is 10.7. The number of likely N-dealkylation sites (N-methyl/N-ethyl adjacent to an activating group) is 1. The topological polar surface area (TPSA) is 30.5 Å². The Morgan fingerprint density at radius 2 is 2.00 bits per heavy atom. The summed E-state index contributed by atoms with van der Waals surface area (Å²) >= 11 is 0. The van der Waals surface area contributed by atoms with Crippen LogP contribution in [0.1, 0.15) is 18.5 Å². The molecule has 0 saturated carbocycles. The van der Waals surface area contributed by atoms with Gasteiger partial charge in [0.2, 0.25) is 0 Å². The zero-order valence-electron chi connectivity index (χ0n) is 10.7. The molecule has 1 unspecified atom stereocenters. The third kappa shape index (κ3) is 4.68. The van der Waals surface area contributed by atoms with Crippen LogP contribution in [-0.2, 0) is 9.47 Å². The summed E-state index contributed by atoms with van der Waals surface area (Å²) in [6, 6.07) is 3.74. The van der Waals surface area contributed by atoms with Crippen molar-refractivity contribution in [1.82, 2.24) is 5.32 Å². The first kappa shape index (κ1) is 15.0. The molecular weight excluding hydrogens is 240 g/mol. The molecule has 0 bridgehead atoms. The van der Waals surface area contributed by atoms with Gasteiger partial charge in [-0.25, -0.2) is 8.78 Å². The summed E-state index contributed by atoms with van der Waals surface area (Å²) in [5.74, 6) is -1.68. The van der Waals surface area contributed by atoms with Crippen molar-refractivity contribution in [3.05, 3.63) is 35.4 Å². The molecule has 18 heavy (non-hydrogen) atoms. The van der Waals surface area contributed by atoms with Gasteiger partial charge in [-0.3, -0.25) is 0 Å². The van der Waals surface area contributed by atoms with E-state index >= 15 is 0 Å². The summed E-state index contributed by atoms with van der Waals surface area (Å²) in [6.07, 6.45) is 0. The van der Waals surface area contributed by atoms with Crippen molar-refractivity contribution in [2.75, 3.05) is 33.5 Å². The highest BCUT2D eigenvalue weighted by Gasteiger charge is 2.13. The molecule has 0 heterocycles. The number of ether oxygens (including phenoxy) is 2. The van der Waals surface area contributed by atoms with Crippen LogP contribution in [0, 0.1) is 11.6 Å². The van der Waals surface area contributed by atoms with Crippen LogP contribution in [0.3, 0.4) is 0 Å². The van der Waals surface area contributed by atoms with Crippen molar-refractivity contribution in [2.45, 2.75) is 13.0 Å². The minimum atomic E-state index is -0.840. The largest absolute Gasteiger partial charge is 0.382 e. The lowest BCUT2D eigenvalue weighted by atomic mass is 10.1. The predicted molar refractivity (Wildman–Crippen MR) is 65.5 cm³/mol. The second-order valence-corrected chi connectivity index (χ2v) is 3.85. The fraction of sp³-hybridized carbons (Fsp3) is 0.538. The van der Waals surface area contributed by atoms with Crippen LogP contribution < -0.4 is 5.32 Å². The fourth-order valence-electron chi connectivity index (χ4n) is 1.59. The molecule has 5 heteroatoms. The molecule has 1 rings (SSSR count). The number of benzene rings is 1. The average molecular weight is 259 g/mol. The van der Waals surface area contributed by atoms with Gasteiger partial charge in [0.05, 0.1) is 25.9 Å². The normalized spacial score (nSPS) is 12.7. The maximum Gasteiger partial charge on any atom is 0.159 e. The van der Waals surface area contributed by atoms with Gasteiger partial charge in [-0.05, 0) is 24.2 Å². The van der Waals surface area contributed by atoms with E-state index in [-0.39, 0.29) is 6.04 Å². The average Bonchev–Trinajstić information content (AvgIpc) is 2.37. The number of hydrogen-bond acceptors (Lipinski definition) is 3. The van der Waals surface area contributed by atoms with Crippen molar-refractivity contribution in [3.8, 4) is 0 Å². The molecule has 0 radical (unpaired) electrons. The van der Waals surface area contributed by atoms with Crippen molar-refractivity contribution in [3.63, 3.8) is 0 Å². The van der Waals surface area contributed by atoms with Gasteiger partial charge in [0.25, 0.3) is 0 Å². The van der Waals surface area contributed by atoms with Crippen LogP contribution in [0.4, 0.5) is 8.78 Å². The van der Waals surface area contributed by atoms with E-state index in [1.165, 1.54) is 6.07 Å². The second-order valence-electron chi connectivity index (χ2n) is 3.85. The van der Waals surface area contributed by atoms with E-state index in [1.807, 2.05) is 6.92 Å². The number of nitrogens with one attached hydrogen (secondary N) is 1. The fourth-order valence-corrected chi connectivity index (χ4v) is 1.59. The van der Waals surface area contributed by atoms with Crippen molar-refractivity contribution >= 4 is 0 Å². The Bertz CT molecular complexity index is 361. The van der Waals surface area contributed by atoms with E-state index in [1.54, 1.807) is 13.2 Å². The monoisotopic (exact) mass is 259 g/mol. The molecule has 0 aromatic heterocycles. The Hall–Kier alpha value is -1.04. The molecule has 3 nitrogen and oxygen atoms in total. The van der Waals surface area contributed by atoms with Crippen molar-refractivity contribution < 1.29 is 18.3 Å². The summed E-state index contributed by atoms with van der Waals surface area (Å²) in [5, 5.41) is 3.17. The Balaban J connectivity index is 2.61. The molecule has 1 aromatic carbocycles. The third-order valence-electron chi connectivity index (χ3n) is 2.51. The van der Waals surface area contributed by atoms with Gasteiger partial charge in [-0.2, -0.15) is 0 Å². The number of rotatable bonds is 8. The molecule has 0 aliphatic carbocycles. The minimum Gasteiger partial charge on any atom is -0.382 e. The van der Waals surface area contributed by atoms with Crippen LogP contribution >= 0.6 is 0 Å². The van der Waals surface area contributed by atoms with E-state index < -0.39 is 11.6 Å². The van der Waals surface area contributed by atoms with E-state index in [2.05, 4.69) is 5.32 Å². The highest BCUT2D eigenvalue weighted by molar-refractivity contribution is 5.21. The molecule has 0 saturated heterocycles. The summed E-state index contributed by atoms with van der Waals surface area (Å²) < 4.78 is 36.3. The first-order valence-electron chi connectivity index (χ1n) is 5.94. The maximum absolute atomic E-state index is 13.2. The molecule has 0 fully saturated rings. The van der Waals surface area contributed by atoms with E-state index in [9.17, 15) is 8.78 Å². The van der Waals surface area contributed by atoms with Crippen LogP contribution in [0.15, 0.2) is 18.2 Å².